The van der Waals surface area contributed by atoms with Crippen LogP contribution in [0.15, 0.2) is 48.0 Å². The third-order valence-electron chi connectivity index (χ3n) is 3.37. The predicted octanol–water partition coefficient (Wildman–Crippen LogP) is 4.48. The van der Waals surface area contributed by atoms with E-state index in [9.17, 15) is 15.2 Å². The summed E-state index contributed by atoms with van der Waals surface area (Å²) in [6.45, 7) is 1.82. The summed E-state index contributed by atoms with van der Waals surface area (Å²) in [4.78, 5) is 12.3. The first-order valence-electron chi connectivity index (χ1n) is 7.08. The van der Waals surface area contributed by atoms with Gasteiger partial charge in [0, 0.05) is 10.6 Å². The largest absolute Gasteiger partial charge is 0.506 e. The van der Waals surface area contributed by atoms with E-state index in [-0.39, 0.29) is 28.0 Å². The quantitative estimate of drug-likeness (QED) is 0.623. The SMILES string of the molecule is C[C@H](NC(=O)/C(C#N)=C\c1cc(Cl)cc(Cl)c1O)c1ccccc1. The van der Waals surface area contributed by atoms with E-state index in [0.29, 0.717) is 5.02 Å². The minimum atomic E-state index is -0.552. The van der Waals surface area contributed by atoms with E-state index in [0.717, 1.165) is 5.56 Å². The number of hydrogen-bond donors (Lipinski definition) is 2. The van der Waals surface area contributed by atoms with E-state index in [4.69, 9.17) is 23.2 Å². The Morgan fingerprint density at radius 2 is 1.96 bits per heavy atom. The van der Waals surface area contributed by atoms with Gasteiger partial charge in [0.15, 0.2) is 0 Å². The van der Waals surface area contributed by atoms with Gasteiger partial charge in [-0.05, 0) is 30.7 Å². The lowest BCUT2D eigenvalue weighted by Crippen LogP contribution is -2.27. The number of amides is 1. The lowest BCUT2D eigenvalue weighted by molar-refractivity contribution is -0.117. The van der Waals surface area contributed by atoms with Crippen molar-refractivity contribution in [3.8, 4) is 11.8 Å². The van der Waals surface area contributed by atoms with Gasteiger partial charge in [-0.25, -0.2) is 0 Å². The number of aromatic hydroxyl groups is 1. The second-order valence-corrected chi connectivity index (χ2v) is 5.94. The molecule has 24 heavy (non-hydrogen) atoms. The summed E-state index contributed by atoms with van der Waals surface area (Å²) in [6.07, 6.45) is 1.25. The smallest absolute Gasteiger partial charge is 0.262 e. The van der Waals surface area contributed by atoms with Crippen molar-refractivity contribution in [2.24, 2.45) is 0 Å². The predicted molar refractivity (Wildman–Crippen MR) is 94.7 cm³/mol. The van der Waals surface area contributed by atoms with E-state index in [2.05, 4.69) is 5.32 Å². The van der Waals surface area contributed by atoms with Crippen LogP contribution in [0.4, 0.5) is 0 Å². The number of benzene rings is 2. The van der Waals surface area contributed by atoms with Crippen molar-refractivity contribution >= 4 is 35.2 Å². The molecule has 2 N–H and O–H groups in total. The number of nitriles is 1. The third kappa shape index (κ3) is 4.29. The lowest BCUT2D eigenvalue weighted by Gasteiger charge is -2.14. The van der Waals surface area contributed by atoms with Crippen LogP contribution in [0.2, 0.25) is 10.0 Å². The summed E-state index contributed by atoms with van der Waals surface area (Å²) in [6, 6.07) is 13.7. The fraction of sp³-hybridized carbons (Fsp3) is 0.111. The molecule has 0 saturated carbocycles. The highest BCUT2D eigenvalue weighted by Gasteiger charge is 2.15. The maximum absolute atomic E-state index is 12.3. The summed E-state index contributed by atoms with van der Waals surface area (Å²) in [5.41, 5.74) is 0.953. The maximum Gasteiger partial charge on any atom is 0.262 e. The van der Waals surface area contributed by atoms with Gasteiger partial charge in [0.2, 0.25) is 0 Å². The third-order valence-corrected chi connectivity index (χ3v) is 3.88. The van der Waals surface area contributed by atoms with Gasteiger partial charge in [0.1, 0.15) is 17.4 Å². The Hall–Kier alpha value is -2.48. The normalized spacial score (nSPS) is 12.3. The number of nitrogens with one attached hydrogen (secondary N) is 1. The van der Waals surface area contributed by atoms with Crippen LogP contribution in [0.1, 0.15) is 24.1 Å². The van der Waals surface area contributed by atoms with Gasteiger partial charge >= 0.3 is 0 Å². The van der Waals surface area contributed by atoms with Crippen molar-refractivity contribution < 1.29 is 9.90 Å². The maximum atomic E-state index is 12.3. The standard InChI is InChI=1S/C18H14Cl2N2O2/c1-11(12-5-3-2-4-6-12)22-18(24)14(10-21)7-13-8-15(19)9-16(20)17(13)23/h2-9,11,23H,1H3,(H,22,24)/b14-7-/t11-/m0/s1. The topological polar surface area (TPSA) is 73.1 Å². The minimum absolute atomic E-state index is 0.0455. The highest BCUT2D eigenvalue weighted by Crippen LogP contribution is 2.32. The molecular formula is C18H14Cl2N2O2. The van der Waals surface area contributed by atoms with Crippen molar-refractivity contribution in [3.05, 3.63) is 69.2 Å². The molecule has 0 aromatic heterocycles. The number of hydrogen-bond acceptors (Lipinski definition) is 3. The summed E-state index contributed by atoms with van der Waals surface area (Å²) in [5, 5.41) is 22.3. The van der Waals surface area contributed by atoms with Crippen molar-refractivity contribution in [3.63, 3.8) is 0 Å². The Bertz CT molecular complexity index is 827. The van der Waals surface area contributed by atoms with Crippen molar-refractivity contribution in [2.45, 2.75) is 13.0 Å². The molecule has 2 rings (SSSR count). The molecule has 0 fully saturated rings. The molecule has 4 nitrogen and oxygen atoms in total. The molecule has 2 aromatic carbocycles. The zero-order valence-electron chi connectivity index (χ0n) is 12.8. The lowest BCUT2D eigenvalue weighted by atomic mass is 10.1. The number of phenolic OH excluding ortho intramolecular Hbond substituents is 1. The molecule has 0 aliphatic rings. The van der Waals surface area contributed by atoms with E-state index < -0.39 is 5.91 Å². The second-order valence-electron chi connectivity index (χ2n) is 5.10. The van der Waals surface area contributed by atoms with Crippen molar-refractivity contribution in [2.75, 3.05) is 0 Å². The van der Waals surface area contributed by atoms with Gasteiger partial charge < -0.3 is 10.4 Å². The van der Waals surface area contributed by atoms with Crippen LogP contribution in [0.5, 0.6) is 5.75 Å². The molecule has 122 valence electrons. The summed E-state index contributed by atoms with van der Waals surface area (Å²) in [5.74, 6) is -0.790. The van der Waals surface area contributed by atoms with Crippen LogP contribution in [-0.2, 0) is 4.79 Å². The molecule has 0 heterocycles. The number of carbonyl (C=O) groups excluding carboxylic acids is 1. The van der Waals surface area contributed by atoms with E-state index >= 15 is 0 Å². The Labute approximate surface area is 149 Å². The number of rotatable bonds is 4. The van der Waals surface area contributed by atoms with Crippen molar-refractivity contribution in [1.82, 2.24) is 5.32 Å². The van der Waals surface area contributed by atoms with Gasteiger partial charge in [0.25, 0.3) is 5.91 Å². The monoisotopic (exact) mass is 360 g/mol. The van der Waals surface area contributed by atoms with Crippen LogP contribution in [0, 0.1) is 11.3 Å². The van der Waals surface area contributed by atoms with E-state index in [1.165, 1.54) is 18.2 Å². The summed E-state index contributed by atoms with van der Waals surface area (Å²) in [7, 11) is 0. The average molecular weight is 361 g/mol. The summed E-state index contributed by atoms with van der Waals surface area (Å²) < 4.78 is 0. The molecule has 1 atom stereocenters. The first-order chi connectivity index (χ1) is 11.4. The first kappa shape index (κ1) is 17.9. The van der Waals surface area contributed by atoms with Crippen LogP contribution < -0.4 is 5.32 Å². The number of nitrogens with zero attached hydrogens (tertiary/aromatic N) is 1. The number of halogens is 2. The molecule has 2 aromatic rings. The fourth-order valence-electron chi connectivity index (χ4n) is 2.10. The molecule has 0 aliphatic heterocycles. The molecular weight excluding hydrogens is 347 g/mol. The molecule has 0 spiro atoms. The molecule has 0 bridgehead atoms. The molecule has 0 unspecified atom stereocenters. The van der Waals surface area contributed by atoms with Crippen LogP contribution in [0.25, 0.3) is 6.08 Å². The molecule has 0 saturated heterocycles. The molecule has 1 amide bonds. The van der Waals surface area contributed by atoms with Gasteiger partial charge in [0.05, 0.1) is 11.1 Å². The van der Waals surface area contributed by atoms with Gasteiger partial charge in [-0.3, -0.25) is 4.79 Å². The van der Waals surface area contributed by atoms with Gasteiger partial charge in [-0.2, -0.15) is 5.26 Å². The zero-order chi connectivity index (χ0) is 17.7. The Balaban J connectivity index is 2.25. The van der Waals surface area contributed by atoms with E-state index in [1.807, 2.05) is 43.3 Å². The van der Waals surface area contributed by atoms with Crippen molar-refractivity contribution in [1.29, 1.82) is 5.26 Å². The van der Waals surface area contributed by atoms with Gasteiger partial charge in [-0.1, -0.05) is 53.5 Å². The van der Waals surface area contributed by atoms with Crippen LogP contribution >= 0.6 is 23.2 Å². The van der Waals surface area contributed by atoms with E-state index in [1.54, 1.807) is 0 Å². The van der Waals surface area contributed by atoms with Gasteiger partial charge in [-0.15, -0.1) is 0 Å². The fourth-order valence-corrected chi connectivity index (χ4v) is 2.61. The minimum Gasteiger partial charge on any atom is -0.506 e. The zero-order valence-corrected chi connectivity index (χ0v) is 14.3. The Kier molecular flexibility index (Phi) is 5.86. The second kappa shape index (κ2) is 7.87. The average Bonchev–Trinajstić information content (AvgIpc) is 2.57. The molecule has 0 aliphatic carbocycles. The molecule has 6 heteroatoms. The number of phenols is 1. The first-order valence-corrected chi connectivity index (χ1v) is 7.83. The molecule has 0 radical (unpaired) electrons. The van der Waals surface area contributed by atoms with Crippen LogP contribution in [0.3, 0.4) is 0 Å². The highest BCUT2D eigenvalue weighted by atomic mass is 35.5. The van der Waals surface area contributed by atoms with Crippen LogP contribution in [-0.4, -0.2) is 11.0 Å². The summed E-state index contributed by atoms with van der Waals surface area (Å²) >= 11 is 11.7. The Morgan fingerprint density at radius 1 is 1.29 bits per heavy atom. The number of carbonyl (C=O) groups is 1. The highest BCUT2D eigenvalue weighted by molar-refractivity contribution is 6.35. The Morgan fingerprint density at radius 3 is 2.58 bits per heavy atom.